The summed E-state index contributed by atoms with van der Waals surface area (Å²) in [5.41, 5.74) is 9.39. The van der Waals surface area contributed by atoms with Gasteiger partial charge in [-0.3, -0.25) is 4.90 Å². The van der Waals surface area contributed by atoms with Gasteiger partial charge in [0.2, 0.25) is 0 Å². The van der Waals surface area contributed by atoms with Crippen LogP contribution in [-0.2, 0) is 12.0 Å². The van der Waals surface area contributed by atoms with Gasteiger partial charge >= 0.3 is 0 Å². The van der Waals surface area contributed by atoms with E-state index >= 15 is 0 Å². The lowest BCUT2D eigenvalue weighted by molar-refractivity contribution is 0.159. The number of rotatable bonds is 5. The number of hydrogen-bond donors (Lipinski definition) is 1. The highest BCUT2D eigenvalue weighted by molar-refractivity contribution is 5.27. The Labute approximate surface area is 137 Å². The fraction of sp³-hybridized carbons (Fsp3) is 0.700. The molecule has 124 valence electrons. The zero-order valence-electron chi connectivity index (χ0n) is 14.9. The van der Waals surface area contributed by atoms with E-state index in [1.165, 1.54) is 49.9 Å². The third kappa shape index (κ3) is 4.82. The van der Waals surface area contributed by atoms with Crippen LogP contribution in [0.4, 0.5) is 0 Å². The van der Waals surface area contributed by atoms with Crippen molar-refractivity contribution in [1.29, 1.82) is 0 Å². The summed E-state index contributed by atoms with van der Waals surface area (Å²) >= 11 is 0. The molecule has 1 fully saturated rings. The van der Waals surface area contributed by atoms with Crippen LogP contribution in [0.2, 0.25) is 0 Å². The third-order valence-electron chi connectivity index (χ3n) is 5.09. The van der Waals surface area contributed by atoms with Gasteiger partial charge in [-0.05, 0) is 54.8 Å². The molecule has 0 bridgehead atoms. The standard InChI is InChI=1S/C20H34N2/c1-5-6-19(21)17-11-13-22(14-12-17)15-16-7-9-18(10-8-16)20(2,3)4/h7-10,17,19H,5-6,11-15,21H2,1-4H3. The molecule has 2 nitrogen and oxygen atoms in total. The second-order valence-corrected chi connectivity index (χ2v) is 8.01. The van der Waals surface area contributed by atoms with Gasteiger partial charge in [-0.2, -0.15) is 0 Å². The maximum absolute atomic E-state index is 6.30. The monoisotopic (exact) mass is 302 g/mol. The summed E-state index contributed by atoms with van der Waals surface area (Å²) in [6.45, 7) is 12.5. The van der Waals surface area contributed by atoms with Crippen LogP contribution in [0.15, 0.2) is 24.3 Å². The molecule has 1 atom stereocenters. The molecule has 1 aliphatic heterocycles. The van der Waals surface area contributed by atoms with Crippen LogP contribution in [-0.4, -0.2) is 24.0 Å². The van der Waals surface area contributed by atoms with Crippen molar-refractivity contribution in [3.63, 3.8) is 0 Å². The van der Waals surface area contributed by atoms with Crippen LogP contribution in [0.1, 0.15) is 64.5 Å². The molecule has 0 radical (unpaired) electrons. The van der Waals surface area contributed by atoms with Gasteiger partial charge in [-0.1, -0.05) is 58.4 Å². The van der Waals surface area contributed by atoms with Crippen LogP contribution in [0, 0.1) is 5.92 Å². The molecule has 0 saturated carbocycles. The second-order valence-electron chi connectivity index (χ2n) is 8.01. The van der Waals surface area contributed by atoms with E-state index < -0.39 is 0 Å². The molecule has 1 unspecified atom stereocenters. The summed E-state index contributed by atoms with van der Waals surface area (Å²) in [6, 6.07) is 9.60. The van der Waals surface area contributed by atoms with Crippen molar-refractivity contribution in [1.82, 2.24) is 4.90 Å². The van der Waals surface area contributed by atoms with Crippen LogP contribution in [0.5, 0.6) is 0 Å². The molecule has 0 spiro atoms. The van der Waals surface area contributed by atoms with Crippen molar-refractivity contribution in [2.45, 2.75) is 71.4 Å². The Morgan fingerprint density at radius 2 is 1.73 bits per heavy atom. The fourth-order valence-electron chi connectivity index (χ4n) is 3.48. The second kappa shape index (κ2) is 7.61. The van der Waals surface area contributed by atoms with Gasteiger partial charge in [0.15, 0.2) is 0 Å². The van der Waals surface area contributed by atoms with E-state index in [4.69, 9.17) is 5.73 Å². The minimum atomic E-state index is 0.242. The van der Waals surface area contributed by atoms with Gasteiger partial charge in [0.25, 0.3) is 0 Å². The lowest BCUT2D eigenvalue weighted by Crippen LogP contribution is -2.40. The molecule has 2 heteroatoms. The van der Waals surface area contributed by atoms with E-state index in [1.807, 2.05) is 0 Å². The smallest absolute Gasteiger partial charge is 0.0233 e. The zero-order chi connectivity index (χ0) is 16.2. The number of piperidine rings is 1. The molecule has 1 aromatic carbocycles. The number of nitrogens with two attached hydrogens (primary N) is 1. The molecule has 1 heterocycles. The van der Waals surface area contributed by atoms with Crippen molar-refractivity contribution >= 4 is 0 Å². The van der Waals surface area contributed by atoms with Gasteiger partial charge in [-0.25, -0.2) is 0 Å². The lowest BCUT2D eigenvalue weighted by Gasteiger charge is -2.34. The molecule has 2 N–H and O–H groups in total. The Balaban J connectivity index is 1.83. The van der Waals surface area contributed by atoms with Gasteiger partial charge in [-0.15, -0.1) is 0 Å². The minimum Gasteiger partial charge on any atom is -0.327 e. The number of benzene rings is 1. The average Bonchev–Trinajstić information content (AvgIpc) is 2.48. The molecule has 2 rings (SSSR count). The van der Waals surface area contributed by atoms with Gasteiger partial charge in [0, 0.05) is 12.6 Å². The lowest BCUT2D eigenvalue weighted by atomic mass is 9.86. The Morgan fingerprint density at radius 3 is 2.23 bits per heavy atom. The summed E-state index contributed by atoms with van der Waals surface area (Å²) in [5.74, 6) is 0.736. The highest BCUT2D eigenvalue weighted by Gasteiger charge is 2.23. The van der Waals surface area contributed by atoms with Crippen molar-refractivity contribution in [3.05, 3.63) is 35.4 Å². The van der Waals surface area contributed by atoms with Crippen LogP contribution in [0.25, 0.3) is 0 Å². The molecule has 1 aliphatic rings. The molecule has 0 aromatic heterocycles. The van der Waals surface area contributed by atoms with Crippen molar-refractivity contribution in [2.75, 3.05) is 13.1 Å². The molecule has 0 aliphatic carbocycles. The van der Waals surface area contributed by atoms with E-state index in [0.717, 1.165) is 12.5 Å². The molecule has 1 aromatic rings. The average molecular weight is 303 g/mol. The topological polar surface area (TPSA) is 29.3 Å². The van der Waals surface area contributed by atoms with Crippen LogP contribution in [0.3, 0.4) is 0 Å². The molecule has 1 saturated heterocycles. The molecular weight excluding hydrogens is 268 g/mol. The van der Waals surface area contributed by atoms with Crippen molar-refractivity contribution in [2.24, 2.45) is 11.7 Å². The Kier molecular flexibility index (Phi) is 6.05. The summed E-state index contributed by atoms with van der Waals surface area (Å²) in [6.07, 6.45) is 4.92. The Hall–Kier alpha value is -0.860. The summed E-state index contributed by atoms with van der Waals surface area (Å²) in [5, 5.41) is 0. The van der Waals surface area contributed by atoms with Crippen molar-refractivity contribution < 1.29 is 0 Å². The predicted molar refractivity (Wildman–Crippen MR) is 96.0 cm³/mol. The van der Waals surface area contributed by atoms with Crippen LogP contribution < -0.4 is 5.73 Å². The van der Waals surface area contributed by atoms with Gasteiger partial charge in [0.1, 0.15) is 0 Å². The molecule has 0 amide bonds. The number of nitrogens with zero attached hydrogens (tertiary/aromatic N) is 1. The first-order valence-corrected chi connectivity index (χ1v) is 8.97. The first kappa shape index (κ1) is 17.5. The minimum absolute atomic E-state index is 0.242. The first-order valence-electron chi connectivity index (χ1n) is 8.97. The van der Waals surface area contributed by atoms with E-state index in [-0.39, 0.29) is 5.41 Å². The SMILES string of the molecule is CCCC(N)C1CCN(Cc2ccc(C(C)(C)C)cc2)CC1. The molecule has 22 heavy (non-hydrogen) atoms. The van der Waals surface area contributed by atoms with Crippen LogP contribution >= 0.6 is 0 Å². The third-order valence-corrected chi connectivity index (χ3v) is 5.09. The van der Waals surface area contributed by atoms with E-state index in [1.54, 1.807) is 0 Å². The fourth-order valence-corrected chi connectivity index (χ4v) is 3.48. The first-order chi connectivity index (χ1) is 10.4. The molecular formula is C20H34N2. The highest BCUT2D eigenvalue weighted by atomic mass is 15.1. The summed E-state index contributed by atoms with van der Waals surface area (Å²) < 4.78 is 0. The zero-order valence-corrected chi connectivity index (χ0v) is 14.9. The quantitative estimate of drug-likeness (QED) is 0.877. The predicted octanol–water partition coefficient (Wildman–Crippen LogP) is 4.32. The maximum atomic E-state index is 6.30. The van der Waals surface area contributed by atoms with E-state index in [9.17, 15) is 0 Å². The normalized spacial score (nSPS) is 19.3. The number of hydrogen-bond acceptors (Lipinski definition) is 2. The maximum Gasteiger partial charge on any atom is 0.0233 e. The highest BCUT2D eigenvalue weighted by Crippen LogP contribution is 2.25. The van der Waals surface area contributed by atoms with Crippen molar-refractivity contribution in [3.8, 4) is 0 Å². The summed E-state index contributed by atoms with van der Waals surface area (Å²) in [7, 11) is 0. The largest absolute Gasteiger partial charge is 0.327 e. The Morgan fingerprint density at radius 1 is 1.14 bits per heavy atom. The van der Waals surface area contributed by atoms with E-state index in [2.05, 4.69) is 56.9 Å². The van der Waals surface area contributed by atoms with Gasteiger partial charge < -0.3 is 5.73 Å². The van der Waals surface area contributed by atoms with E-state index in [0.29, 0.717) is 6.04 Å². The Bertz CT molecular complexity index is 436. The van der Waals surface area contributed by atoms with Gasteiger partial charge in [0.05, 0.1) is 0 Å². The number of likely N-dealkylation sites (tertiary alicyclic amines) is 1. The summed E-state index contributed by atoms with van der Waals surface area (Å²) in [4.78, 5) is 2.58.